The van der Waals surface area contributed by atoms with Crippen molar-refractivity contribution in [2.75, 3.05) is 0 Å². The third-order valence-electron chi connectivity index (χ3n) is 2.80. The van der Waals surface area contributed by atoms with Crippen molar-refractivity contribution in [2.24, 2.45) is 5.41 Å². The highest BCUT2D eigenvalue weighted by molar-refractivity contribution is 7.88. The maximum absolute atomic E-state index is 12.4. The van der Waals surface area contributed by atoms with Gasteiger partial charge in [-0.2, -0.15) is 0 Å². The molecule has 0 heterocycles. The second kappa shape index (κ2) is 6.45. The first-order valence-electron chi connectivity index (χ1n) is 6.76. The number of benzene rings is 1. The van der Waals surface area contributed by atoms with Crippen LogP contribution in [0.3, 0.4) is 0 Å². The molecule has 0 unspecified atom stereocenters. The van der Waals surface area contributed by atoms with E-state index in [2.05, 4.69) is 25.5 Å². The Morgan fingerprint density at radius 3 is 1.95 bits per heavy atom. The van der Waals surface area contributed by atoms with Gasteiger partial charge in [0, 0.05) is 21.1 Å². The molecule has 0 amide bonds. The predicted octanol–water partition coefficient (Wildman–Crippen LogP) is 4.63. The van der Waals surface area contributed by atoms with Gasteiger partial charge in [-0.3, -0.25) is 0 Å². The lowest BCUT2D eigenvalue weighted by atomic mass is 9.82. The second-order valence-corrected chi connectivity index (χ2v) is 9.72. The van der Waals surface area contributed by atoms with Gasteiger partial charge in [0.15, 0.2) is 0 Å². The molecule has 0 aliphatic heterocycles. The zero-order chi connectivity index (χ0) is 16.5. The number of halogens is 2. The largest absolute Gasteiger partial charge is 0.216 e. The lowest BCUT2D eigenvalue weighted by Crippen LogP contribution is -2.46. The van der Waals surface area contributed by atoms with E-state index in [-0.39, 0.29) is 11.2 Å². The van der Waals surface area contributed by atoms with Crippen molar-refractivity contribution in [3.05, 3.63) is 33.8 Å². The summed E-state index contributed by atoms with van der Waals surface area (Å²) < 4.78 is 27.5. The van der Waals surface area contributed by atoms with Crippen molar-refractivity contribution >= 4 is 33.2 Å². The van der Waals surface area contributed by atoms with Gasteiger partial charge in [-0.05, 0) is 37.8 Å². The predicted molar refractivity (Wildman–Crippen MR) is 90.4 cm³/mol. The van der Waals surface area contributed by atoms with Crippen molar-refractivity contribution in [3.63, 3.8) is 0 Å². The molecule has 0 atom stereocenters. The molecule has 0 saturated carbocycles. The molecule has 1 aromatic carbocycles. The average Bonchev–Trinajstić information content (AvgIpc) is 2.18. The standard InChI is InChI=1S/C15H23Cl2NO2S/c1-14(2,3)10-15(4,5)18-21(19,20)9-11-12(16)7-6-8-13(11)17/h6-8,18H,9-10H2,1-5H3. The summed E-state index contributed by atoms with van der Waals surface area (Å²) in [4.78, 5) is 0. The quantitative estimate of drug-likeness (QED) is 0.840. The molecule has 0 spiro atoms. The third-order valence-corrected chi connectivity index (χ3v) is 5.04. The first-order chi connectivity index (χ1) is 9.31. The van der Waals surface area contributed by atoms with Crippen molar-refractivity contribution in [1.29, 1.82) is 0 Å². The highest BCUT2D eigenvalue weighted by Crippen LogP contribution is 2.29. The highest BCUT2D eigenvalue weighted by atomic mass is 35.5. The molecule has 0 fully saturated rings. The van der Waals surface area contributed by atoms with Gasteiger partial charge in [0.25, 0.3) is 0 Å². The molecule has 0 bridgehead atoms. The van der Waals surface area contributed by atoms with Crippen LogP contribution in [0.4, 0.5) is 0 Å². The maximum Gasteiger partial charge on any atom is 0.216 e. The number of hydrogen-bond donors (Lipinski definition) is 1. The van der Waals surface area contributed by atoms with Gasteiger partial charge in [0.1, 0.15) is 0 Å². The number of rotatable bonds is 5. The summed E-state index contributed by atoms with van der Waals surface area (Å²) in [6, 6.07) is 4.97. The summed E-state index contributed by atoms with van der Waals surface area (Å²) in [5, 5.41) is 0.725. The van der Waals surface area contributed by atoms with E-state index in [9.17, 15) is 8.42 Å². The number of sulfonamides is 1. The lowest BCUT2D eigenvalue weighted by molar-refractivity contribution is 0.269. The summed E-state index contributed by atoms with van der Waals surface area (Å²) in [6.07, 6.45) is 0.718. The van der Waals surface area contributed by atoms with Crippen LogP contribution in [0.2, 0.25) is 10.0 Å². The Labute approximate surface area is 138 Å². The molecule has 21 heavy (non-hydrogen) atoms. The molecule has 0 aliphatic carbocycles. The molecule has 120 valence electrons. The number of nitrogens with one attached hydrogen (secondary N) is 1. The Hall–Kier alpha value is -0.290. The molecule has 0 aliphatic rings. The van der Waals surface area contributed by atoms with Gasteiger partial charge in [0.05, 0.1) is 5.75 Å². The molecule has 0 aromatic heterocycles. The van der Waals surface area contributed by atoms with E-state index in [1.54, 1.807) is 18.2 Å². The van der Waals surface area contributed by atoms with Gasteiger partial charge in [-0.1, -0.05) is 50.0 Å². The van der Waals surface area contributed by atoms with Crippen molar-refractivity contribution in [2.45, 2.75) is 52.3 Å². The van der Waals surface area contributed by atoms with Crippen LogP contribution in [0, 0.1) is 5.41 Å². The van der Waals surface area contributed by atoms with E-state index < -0.39 is 15.6 Å². The SMILES string of the molecule is CC(C)(C)CC(C)(C)NS(=O)(=O)Cc1c(Cl)cccc1Cl. The molecular formula is C15H23Cl2NO2S. The van der Waals surface area contributed by atoms with E-state index in [1.807, 2.05) is 13.8 Å². The normalized spacial score (nSPS) is 13.5. The molecule has 3 nitrogen and oxygen atoms in total. The summed E-state index contributed by atoms with van der Waals surface area (Å²) in [7, 11) is -3.53. The Morgan fingerprint density at radius 2 is 1.52 bits per heavy atom. The maximum atomic E-state index is 12.4. The minimum atomic E-state index is -3.53. The summed E-state index contributed by atoms with van der Waals surface area (Å²) in [5.74, 6) is -0.223. The van der Waals surface area contributed by atoms with Crippen LogP contribution in [0.1, 0.15) is 46.6 Å². The topological polar surface area (TPSA) is 46.2 Å². The average molecular weight is 352 g/mol. The van der Waals surface area contributed by atoms with Crippen molar-refractivity contribution < 1.29 is 8.42 Å². The van der Waals surface area contributed by atoms with Gasteiger partial charge >= 0.3 is 0 Å². The minimum Gasteiger partial charge on any atom is -0.212 e. The monoisotopic (exact) mass is 351 g/mol. The zero-order valence-electron chi connectivity index (χ0n) is 13.1. The first-order valence-corrected chi connectivity index (χ1v) is 9.17. The fourth-order valence-corrected chi connectivity index (χ4v) is 5.05. The van der Waals surface area contributed by atoms with E-state index in [4.69, 9.17) is 23.2 Å². The van der Waals surface area contributed by atoms with Gasteiger partial charge in [-0.25, -0.2) is 13.1 Å². The van der Waals surface area contributed by atoms with Crippen LogP contribution in [0.5, 0.6) is 0 Å². The fraction of sp³-hybridized carbons (Fsp3) is 0.600. The van der Waals surface area contributed by atoms with E-state index in [0.717, 1.165) is 6.42 Å². The first kappa shape index (κ1) is 18.8. The minimum absolute atomic E-state index is 0.0219. The Bertz CT molecular complexity index is 584. The van der Waals surface area contributed by atoms with Crippen LogP contribution in [-0.2, 0) is 15.8 Å². The Morgan fingerprint density at radius 1 is 1.05 bits per heavy atom. The van der Waals surface area contributed by atoms with Gasteiger partial charge in [-0.15, -0.1) is 0 Å². The van der Waals surface area contributed by atoms with Crippen molar-refractivity contribution in [1.82, 2.24) is 4.72 Å². The molecule has 1 rings (SSSR count). The summed E-state index contributed by atoms with van der Waals surface area (Å²) in [5.41, 5.74) is -0.0846. The molecule has 1 aromatic rings. The molecule has 6 heteroatoms. The second-order valence-electron chi connectivity index (χ2n) is 7.18. The van der Waals surface area contributed by atoms with E-state index in [0.29, 0.717) is 15.6 Å². The van der Waals surface area contributed by atoms with E-state index >= 15 is 0 Å². The van der Waals surface area contributed by atoms with Crippen LogP contribution >= 0.6 is 23.2 Å². The van der Waals surface area contributed by atoms with Crippen LogP contribution in [-0.4, -0.2) is 14.0 Å². The van der Waals surface area contributed by atoms with Crippen LogP contribution < -0.4 is 4.72 Å². The van der Waals surface area contributed by atoms with Gasteiger partial charge in [0.2, 0.25) is 10.0 Å². The summed E-state index contributed by atoms with van der Waals surface area (Å²) in [6.45, 7) is 9.99. The molecule has 1 N–H and O–H groups in total. The Balaban J connectivity index is 2.93. The number of hydrogen-bond acceptors (Lipinski definition) is 2. The van der Waals surface area contributed by atoms with Crippen LogP contribution in [0.25, 0.3) is 0 Å². The zero-order valence-corrected chi connectivity index (χ0v) is 15.5. The van der Waals surface area contributed by atoms with Gasteiger partial charge < -0.3 is 0 Å². The molecule has 0 saturated heterocycles. The smallest absolute Gasteiger partial charge is 0.212 e. The molecular weight excluding hydrogens is 329 g/mol. The van der Waals surface area contributed by atoms with Crippen molar-refractivity contribution in [3.8, 4) is 0 Å². The Kier molecular flexibility index (Phi) is 5.76. The van der Waals surface area contributed by atoms with E-state index in [1.165, 1.54) is 0 Å². The third kappa shape index (κ3) is 6.55. The highest BCUT2D eigenvalue weighted by Gasteiger charge is 2.30. The van der Waals surface area contributed by atoms with Crippen LogP contribution in [0.15, 0.2) is 18.2 Å². The summed E-state index contributed by atoms with van der Waals surface area (Å²) >= 11 is 12.1. The fourth-order valence-electron chi connectivity index (χ4n) is 2.68. The molecule has 0 radical (unpaired) electrons. The lowest BCUT2D eigenvalue weighted by Gasteiger charge is -2.33.